The lowest BCUT2D eigenvalue weighted by atomic mass is 9.98. The molecule has 1 rings (SSSR count). The molecule has 0 saturated carbocycles. The highest BCUT2D eigenvalue weighted by atomic mass is 35.5. The van der Waals surface area contributed by atoms with Crippen LogP contribution in [-0.2, 0) is 11.2 Å². The minimum Gasteiger partial charge on any atom is -0.480 e. The predicted molar refractivity (Wildman–Crippen MR) is 60.3 cm³/mol. The van der Waals surface area contributed by atoms with Crippen molar-refractivity contribution in [1.82, 2.24) is 0 Å². The molecule has 3 nitrogen and oxygen atoms in total. The topological polar surface area (TPSA) is 63.3 Å². The maximum absolute atomic E-state index is 13.3. The van der Waals surface area contributed by atoms with Crippen molar-refractivity contribution >= 4 is 17.6 Å². The summed E-state index contributed by atoms with van der Waals surface area (Å²) in [6.45, 7) is 1.36. The second-order valence-electron chi connectivity index (χ2n) is 3.58. The fourth-order valence-electron chi connectivity index (χ4n) is 1.53. The molecule has 2 atom stereocenters. The number of benzene rings is 1. The van der Waals surface area contributed by atoms with Crippen LogP contribution in [0.4, 0.5) is 4.39 Å². The van der Waals surface area contributed by atoms with E-state index < -0.39 is 18.2 Å². The molecule has 0 bridgehead atoms. The van der Waals surface area contributed by atoms with Gasteiger partial charge in [0.25, 0.3) is 0 Å². The van der Waals surface area contributed by atoms with Crippen LogP contribution in [0.5, 0.6) is 0 Å². The number of hydrogen-bond acceptors (Lipinski definition) is 2. The number of hydrogen-bond donors (Lipinski definition) is 2. The largest absolute Gasteiger partial charge is 0.480 e. The molecule has 88 valence electrons. The summed E-state index contributed by atoms with van der Waals surface area (Å²) in [6, 6.07) is 3.82. The first-order chi connectivity index (χ1) is 7.43. The second kappa shape index (κ2) is 5.27. The number of aliphatic carboxylic acids is 1. The van der Waals surface area contributed by atoms with Crippen molar-refractivity contribution in [3.05, 3.63) is 34.3 Å². The Labute approximate surface area is 98.0 Å². The maximum atomic E-state index is 13.3. The Balaban J connectivity index is 3.04. The van der Waals surface area contributed by atoms with Crippen LogP contribution >= 0.6 is 11.6 Å². The number of rotatable bonds is 4. The van der Waals surface area contributed by atoms with Crippen LogP contribution in [0.2, 0.25) is 5.02 Å². The van der Waals surface area contributed by atoms with E-state index in [1.165, 1.54) is 6.92 Å². The Kier molecular flexibility index (Phi) is 4.26. The molecule has 16 heavy (non-hydrogen) atoms. The molecule has 0 amide bonds. The van der Waals surface area contributed by atoms with E-state index in [0.29, 0.717) is 16.1 Å². The van der Waals surface area contributed by atoms with Crippen LogP contribution in [0, 0.1) is 0 Å². The lowest BCUT2D eigenvalue weighted by Crippen LogP contribution is -2.32. The van der Waals surface area contributed by atoms with Crippen molar-refractivity contribution in [2.24, 2.45) is 5.73 Å². The minimum atomic E-state index is -1.25. The van der Waals surface area contributed by atoms with Crippen molar-refractivity contribution in [3.8, 4) is 0 Å². The van der Waals surface area contributed by atoms with Crippen LogP contribution in [0.1, 0.15) is 24.2 Å². The highest BCUT2D eigenvalue weighted by molar-refractivity contribution is 6.31. The summed E-state index contributed by atoms with van der Waals surface area (Å²) < 4.78 is 13.3. The molecule has 0 spiro atoms. The van der Waals surface area contributed by atoms with E-state index in [1.54, 1.807) is 18.2 Å². The second-order valence-corrected chi connectivity index (χ2v) is 3.98. The van der Waals surface area contributed by atoms with Crippen molar-refractivity contribution in [2.75, 3.05) is 0 Å². The molecule has 2 unspecified atom stereocenters. The summed E-state index contributed by atoms with van der Waals surface area (Å²) in [5.41, 5.74) is 6.26. The van der Waals surface area contributed by atoms with Gasteiger partial charge in [-0.3, -0.25) is 4.79 Å². The highest BCUT2D eigenvalue weighted by Gasteiger charge is 2.18. The average molecular weight is 246 g/mol. The first kappa shape index (κ1) is 12.9. The third-order valence-electron chi connectivity index (χ3n) is 2.30. The molecule has 0 radical (unpaired) electrons. The summed E-state index contributed by atoms with van der Waals surface area (Å²) in [5.74, 6) is -1.11. The van der Waals surface area contributed by atoms with Crippen LogP contribution in [0.3, 0.4) is 0 Å². The minimum absolute atomic E-state index is 0.0689. The van der Waals surface area contributed by atoms with Gasteiger partial charge in [0.05, 0.1) is 0 Å². The third-order valence-corrected chi connectivity index (χ3v) is 2.63. The molecule has 5 heteroatoms. The number of carbonyl (C=O) groups is 1. The van der Waals surface area contributed by atoms with E-state index in [0.717, 1.165) is 0 Å². The van der Waals surface area contributed by atoms with Crippen molar-refractivity contribution in [1.29, 1.82) is 0 Å². The predicted octanol–water partition coefficient (Wildman–Crippen LogP) is 2.32. The molecular formula is C11H13ClFNO2. The number of carboxylic acids is 1. The van der Waals surface area contributed by atoms with Gasteiger partial charge >= 0.3 is 5.97 Å². The number of halogens is 2. The number of carboxylic acid groups (broad SMARTS) is 1. The van der Waals surface area contributed by atoms with Gasteiger partial charge in [0.2, 0.25) is 0 Å². The molecule has 1 aromatic rings. The summed E-state index contributed by atoms with van der Waals surface area (Å²) in [4.78, 5) is 10.6. The number of nitrogens with two attached hydrogens (primary N) is 1. The zero-order valence-corrected chi connectivity index (χ0v) is 9.54. The van der Waals surface area contributed by atoms with E-state index in [9.17, 15) is 9.18 Å². The molecule has 0 heterocycles. The highest BCUT2D eigenvalue weighted by Crippen LogP contribution is 2.29. The molecule has 0 aromatic heterocycles. The summed E-state index contributed by atoms with van der Waals surface area (Å²) in [7, 11) is 0. The molecule has 0 aliphatic carbocycles. The lowest BCUT2D eigenvalue weighted by Gasteiger charge is -2.14. The Bertz CT molecular complexity index is 396. The van der Waals surface area contributed by atoms with Crippen LogP contribution < -0.4 is 5.73 Å². The van der Waals surface area contributed by atoms with Gasteiger partial charge in [-0.2, -0.15) is 0 Å². The Morgan fingerprint density at radius 3 is 2.75 bits per heavy atom. The first-order valence-corrected chi connectivity index (χ1v) is 5.21. The van der Waals surface area contributed by atoms with Gasteiger partial charge in [-0.05, 0) is 25.0 Å². The first-order valence-electron chi connectivity index (χ1n) is 4.83. The van der Waals surface area contributed by atoms with Gasteiger partial charge < -0.3 is 10.8 Å². The van der Waals surface area contributed by atoms with Crippen LogP contribution in [-0.4, -0.2) is 17.1 Å². The van der Waals surface area contributed by atoms with E-state index >= 15 is 0 Å². The molecule has 0 fully saturated rings. The van der Waals surface area contributed by atoms with Crippen LogP contribution in [0.25, 0.3) is 0 Å². The zero-order valence-electron chi connectivity index (χ0n) is 8.78. The van der Waals surface area contributed by atoms with Gasteiger partial charge in [-0.25, -0.2) is 4.39 Å². The molecule has 3 N–H and O–H groups in total. The van der Waals surface area contributed by atoms with Gasteiger partial charge in [-0.1, -0.05) is 23.7 Å². The summed E-state index contributed by atoms with van der Waals surface area (Å²) in [6.07, 6.45) is -1.18. The SMILES string of the molecule is CC(F)c1c(Cl)cccc1CC(N)C(=O)O. The van der Waals surface area contributed by atoms with Gasteiger partial charge in [-0.15, -0.1) is 0 Å². The zero-order chi connectivity index (χ0) is 12.3. The summed E-state index contributed by atoms with van der Waals surface area (Å²) >= 11 is 5.86. The monoisotopic (exact) mass is 245 g/mol. The van der Waals surface area contributed by atoms with Crippen molar-refractivity contribution in [2.45, 2.75) is 25.6 Å². The Hall–Kier alpha value is -1.13. The lowest BCUT2D eigenvalue weighted by molar-refractivity contribution is -0.138. The average Bonchev–Trinajstić information content (AvgIpc) is 2.16. The van der Waals surface area contributed by atoms with E-state index in [-0.39, 0.29) is 6.42 Å². The quantitative estimate of drug-likeness (QED) is 0.856. The standard InChI is InChI=1S/C11H13ClFNO2/c1-6(13)10-7(3-2-4-8(10)12)5-9(14)11(15)16/h2-4,6,9H,5,14H2,1H3,(H,15,16). The fraction of sp³-hybridized carbons (Fsp3) is 0.364. The molecule has 0 aliphatic rings. The molecule has 0 aliphatic heterocycles. The van der Waals surface area contributed by atoms with E-state index in [1.807, 2.05) is 0 Å². The van der Waals surface area contributed by atoms with Gasteiger partial charge in [0, 0.05) is 10.6 Å². The fourth-order valence-corrected chi connectivity index (χ4v) is 1.87. The van der Waals surface area contributed by atoms with Crippen molar-refractivity contribution < 1.29 is 14.3 Å². The van der Waals surface area contributed by atoms with Gasteiger partial charge in [0.1, 0.15) is 12.2 Å². The molecule has 0 saturated heterocycles. The van der Waals surface area contributed by atoms with E-state index in [4.69, 9.17) is 22.4 Å². The van der Waals surface area contributed by atoms with Crippen molar-refractivity contribution in [3.63, 3.8) is 0 Å². The number of alkyl halides is 1. The maximum Gasteiger partial charge on any atom is 0.320 e. The van der Waals surface area contributed by atoms with Crippen LogP contribution in [0.15, 0.2) is 18.2 Å². The Morgan fingerprint density at radius 1 is 1.62 bits per heavy atom. The smallest absolute Gasteiger partial charge is 0.320 e. The van der Waals surface area contributed by atoms with Gasteiger partial charge in [0.15, 0.2) is 0 Å². The third kappa shape index (κ3) is 2.93. The normalized spacial score (nSPS) is 14.5. The van der Waals surface area contributed by atoms with E-state index in [2.05, 4.69) is 0 Å². The summed E-state index contributed by atoms with van der Waals surface area (Å²) in [5, 5.41) is 8.99. The molecule has 1 aromatic carbocycles. The Morgan fingerprint density at radius 2 is 2.25 bits per heavy atom. The molecular weight excluding hydrogens is 233 g/mol.